The van der Waals surface area contributed by atoms with E-state index in [2.05, 4.69) is 25.9 Å². The maximum atomic E-state index is 14.6. The number of nitrogens with one attached hydrogen (secondary N) is 3. The number of anilines is 1. The van der Waals surface area contributed by atoms with Crippen molar-refractivity contribution in [2.45, 2.75) is 6.54 Å². The lowest BCUT2D eigenvalue weighted by Gasteiger charge is -2.10. The van der Waals surface area contributed by atoms with Crippen LogP contribution in [-0.4, -0.2) is 64.2 Å². The number of benzene rings is 2. The highest BCUT2D eigenvalue weighted by Crippen LogP contribution is 2.22. The van der Waals surface area contributed by atoms with E-state index in [4.69, 9.17) is 0 Å². The Morgan fingerprint density at radius 2 is 1.58 bits per heavy atom. The van der Waals surface area contributed by atoms with Crippen molar-refractivity contribution in [1.82, 2.24) is 29.9 Å². The van der Waals surface area contributed by atoms with Gasteiger partial charge in [-0.3, -0.25) is 23.8 Å². The van der Waals surface area contributed by atoms with Gasteiger partial charge in [-0.05, 0) is 73.8 Å². The first-order valence-electron chi connectivity index (χ1n) is 13.8. The van der Waals surface area contributed by atoms with Crippen molar-refractivity contribution in [2.75, 3.05) is 32.5 Å². The van der Waals surface area contributed by atoms with E-state index in [9.17, 15) is 27.6 Å². The largest absolute Gasteiger partial charge is 0.349 e. The summed E-state index contributed by atoms with van der Waals surface area (Å²) in [5.41, 5.74) is 2.47. The third kappa shape index (κ3) is 7.33. The first kappa shape index (κ1) is 30.9. The van der Waals surface area contributed by atoms with E-state index in [-0.39, 0.29) is 35.1 Å². The van der Waals surface area contributed by atoms with Crippen LogP contribution in [0.4, 0.5) is 18.9 Å². The molecule has 45 heavy (non-hydrogen) atoms. The highest BCUT2D eigenvalue weighted by Gasteiger charge is 2.17. The fourth-order valence-corrected chi connectivity index (χ4v) is 4.39. The van der Waals surface area contributed by atoms with Gasteiger partial charge in [0.15, 0.2) is 11.6 Å². The molecule has 0 aliphatic carbocycles. The van der Waals surface area contributed by atoms with Gasteiger partial charge in [-0.15, -0.1) is 0 Å². The number of carbonyl (C=O) groups is 3. The average Bonchev–Trinajstić information content (AvgIpc) is 3.46. The number of carbonyl (C=O) groups excluding carboxylic acids is 3. The summed E-state index contributed by atoms with van der Waals surface area (Å²) in [7, 11) is 3.83. The van der Waals surface area contributed by atoms with Crippen LogP contribution >= 0.6 is 0 Å². The lowest BCUT2D eigenvalue weighted by atomic mass is 10.1. The SMILES string of the molecule is CN(C)CCNC(=O)c1ccc(-c2ccn3c(C(=O)Nc4cc(C(=O)NCc5ccc(F)c(F)c5)ccc4F)cnc3c2)cn1. The van der Waals surface area contributed by atoms with Crippen LogP contribution < -0.4 is 16.0 Å². The van der Waals surface area contributed by atoms with E-state index in [1.165, 1.54) is 28.8 Å². The van der Waals surface area contributed by atoms with Crippen LogP contribution in [0, 0.1) is 17.5 Å². The number of hydrogen-bond acceptors (Lipinski definition) is 6. The number of nitrogens with zero attached hydrogens (tertiary/aromatic N) is 4. The predicted octanol–water partition coefficient (Wildman–Crippen LogP) is 4.29. The van der Waals surface area contributed by atoms with Crippen molar-refractivity contribution < 1.29 is 27.6 Å². The van der Waals surface area contributed by atoms with Crippen LogP contribution in [0.15, 0.2) is 79.3 Å². The van der Waals surface area contributed by atoms with Crippen LogP contribution in [0.25, 0.3) is 16.8 Å². The highest BCUT2D eigenvalue weighted by atomic mass is 19.2. The van der Waals surface area contributed by atoms with Crippen molar-refractivity contribution in [3.63, 3.8) is 0 Å². The van der Waals surface area contributed by atoms with Crippen LogP contribution in [0.2, 0.25) is 0 Å². The van der Waals surface area contributed by atoms with Gasteiger partial charge in [0.05, 0.1) is 11.9 Å². The zero-order valence-electron chi connectivity index (χ0n) is 24.3. The van der Waals surface area contributed by atoms with Gasteiger partial charge in [-0.25, -0.2) is 18.2 Å². The minimum atomic E-state index is -1.04. The number of fused-ring (bicyclic) bond motifs is 1. The maximum Gasteiger partial charge on any atom is 0.274 e. The Morgan fingerprint density at radius 3 is 2.31 bits per heavy atom. The third-order valence-electron chi connectivity index (χ3n) is 6.83. The number of halogens is 3. The number of aromatic nitrogens is 3. The fraction of sp³-hybridized carbons (Fsp3) is 0.156. The second kappa shape index (κ2) is 13.4. The van der Waals surface area contributed by atoms with Gasteiger partial charge in [0, 0.05) is 43.2 Å². The standard InChI is InChI=1S/C32H28F3N7O3/c1-41(2)12-10-36-31(44)26-8-5-22(17-37-26)20-9-11-42-28(18-38-29(42)15-20)32(45)40-27-14-21(4-7-24(27)34)30(43)39-16-19-3-6-23(33)25(35)13-19/h3-9,11,13-15,17-18H,10,12,16H2,1-2H3,(H,36,44)(H,39,43)(H,40,45). The van der Waals surface area contributed by atoms with Gasteiger partial charge in [0.2, 0.25) is 0 Å². The Balaban J connectivity index is 1.25. The molecule has 3 heterocycles. The van der Waals surface area contributed by atoms with Crippen molar-refractivity contribution in [1.29, 1.82) is 0 Å². The molecule has 0 saturated heterocycles. The van der Waals surface area contributed by atoms with E-state index >= 15 is 0 Å². The minimum absolute atomic E-state index is 0.0442. The number of rotatable bonds is 10. The molecule has 5 aromatic rings. The van der Waals surface area contributed by atoms with E-state index < -0.39 is 29.3 Å². The molecule has 0 fully saturated rings. The summed E-state index contributed by atoms with van der Waals surface area (Å²) in [6.45, 7) is 1.11. The zero-order chi connectivity index (χ0) is 32.1. The molecule has 0 bridgehead atoms. The molecular weight excluding hydrogens is 587 g/mol. The first-order valence-corrected chi connectivity index (χ1v) is 13.8. The van der Waals surface area contributed by atoms with Crippen molar-refractivity contribution >= 4 is 29.1 Å². The molecule has 0 unspecified atom stereocenters. The molecule has 0 aliphatic heterocycles. The first-order chi connectivity index (χ1) is 21.6. The number of likely N-dealkylation sites (N-methyl/N-ethyl adjacent to an activating group) is 1. The van der Waals surface area contributed by atoms with Crippen LogP contribution in [-0.2, 0) is 6.54 Å². The van der Waals surface area contributed by atoms with Crippen LogP contribution in [0.1, 0.15) is 36.9 Å². The van der Waals surface area contributed by atoms with Gasteiger partial charge in [-0.1, -0.05) is 12.1 Å². The van der Waals surface area contributed by atoms with Crippen LogP contribution in [0.5, 0.6) is 0 Å². The molecule has 2 aromatic carbocycles. The molecule has 0 atom stereocenters. The molecule has 0 aliphatic rings. The number of amides is 3. The van der Waals surface area contributed by atoms with Crippen molar-refractivity contribution in [3.8, 4) is 11.1 Å². The Kier molecular flexibility index (Phi) is 9.19. The summed E-state index contributed by atoms with van der Waals surface area (Å²) in [4.78, 5) is 48.6. The zero-order valence-corrected chi connectivity index (χ0v) is 24.3. The molecule has 3 aromatic heterocycles. The summed E-state index contributed by atoms with van der Waals surface area (Å²) in [5, 5.41) is 7.84. The normalized spacial score (nSPS) is 11.1. The number of imidazole rings is 1. The molecular formula is C32H28F3N7O3. The predicted molar refractivity (Wildman–Crippen MR) is 161 cm³/mol. The van der Waals surface area contributed by atoms with E-state index in [0.29, 0.717) is 24.3 Å². The molecule has 0 saturated carbocycles. The molecule has 10 nitrogen and oxygen atoms in total. The second-order valence-electron chi connectivity index (χ2n) is 10.4. The lowest BCUT2D eigenvalue weighted by Crippen LogP contribution is -2.31. The number of hydrogen-bond donors (Lipinski definition) is 3. The monoisotopic (exact) mass is 615 g/mol. The summed E-state index contributed by atoms with van der Waals surface area (Å²) in [5.74, 6) is -4.35. The van der Waals surface area contributed by atoms with Crippen molar-refractivity contribution in [3.05, 3.63) is 119 Å². The summed E-state index contributed by atoms with van der Waals surface area (Å²) >= 11 is 0. The summed E-state index contributed by atoms with van der Waals surface area (Å²) in [6, 6.07) is 13.6. The summed E-state index contributed by atoms with van der Waals surface area (Å²) in [6.07, 6.45) is 4.55. The van der Waals surface area contributed by atoms with Gasteiger partial charge in [0.25, 0.3) is 17.7 Å². The van der Waals surface area contributed by atoms with E-state index in [1.54, 1.807) is 36.7 Å². The second-order valence-corrected chi connectivity index (χ2v) is 10.4. The molecule has 5 rings (SSSR count). The molecule has 3 N–H and O–H groups in total. The quantitative estimate of drug-likeness (QED) is 0.216. The molecule has 230 valence electrons. The van der Waals surface area contributed by atoms with Gasteiger partial charge < -0.3 is 20.9 Å². The third-order valence-corrected chi connectivity index (χ3v) is 6.83. The Labute approximate surface area is 255 Å². The van der Waals surface area contributed by atoms with Crippen LogP contribution in [0.3, 0.4) is 0 Å². The van der Waals surface area contributed by atoms with E-state index in [0.717, 1.165) is 29.3 Å². The fourth-order valence-electron chi connectivity index (χ4n) is 4.39. The highest BCUT2D eigenvalue weighted by molar-refractivity contribution is 6.04. The van der Waals surface area contributed by atoms with Gasteiger partial charge >= 0.3 is 0 Å². The Bertz CT molecular complexity index is 1890. The Morgan fingerprint density at radius 1 is 0.778 bits per heavy atom. The minimum Gasteiger partial charge on any atom is -0.349 e. The van der Waals surface area contributed by atoms with Gasteiger partial charge in [-0.2, -0.15) is 0 Å². The van der Waals surface area contributed by atoms with Crippen molar-refractivity contribution in [2.24, 2.45) is 0 Å². The topological polar surface area (TPSA) is 121 Å². The average molecular weight is 616 g/mol. The van der Waals surface area contributed by atoms with Gasteiger partial charge in [0.1, 0.15) is 22.9 Å². The molecule has 3 amide bonds. The number of pyridine rings is 2. The molecule has 0 radical (unpaired) electrons. The van der Waals surface area contributed by atoms with E-state index in [1.807, 2.05) is 19.0 Å². The lowest BCUT2D eigenvalue weighted by molar-refractivity contribution is 0.0940. The summed E-state index contributed by atoms with van der Waals surface area (Å²) < 4.78 is 42.7. The maximum absolute atomic E-state index is 14.6. The molecule has 0 spiro atoms. The molecule has 13 heteroatoms. The smallest absolute Gasteiger partial charge is 0.274 e. The Hall–Kier alpha value is -5.56.